The van der Waals surface area contributed by atoms with Crippen LogP contribution >= 0.6 is 23.2 Å². The molecule has 0 saturated carbocycles. The molecule has 0 unspecified atom stereocenters. The maximum atomic E-state index is 13.8. The molecule has 3 aromatic heterocycles. The van der Waals surface area contributed by atoms with E-state index in [-0.39, 0.29) is 50.8 Å². The molecule has 3 aromatic rings. The van der Waals surface area contributed by atoms with Gasteiger partial charge < -0.3 is 8.83 Å². The van der Waals surface area contributed by atoms with E-state index < -0.39 is 21.8 Å². The van der Waals surface area contributed by atoms with Crippen molar-refractivity contribution in [2.24, 2.45) is 0 Å². The Kier molecular flexibility index (Phi) is 6.98. The number of nitrogens with zero attached hydrogens (tertiary/aromatic N) is 3. The van der Waals surface area contributed by atoms with E-state index in [1.54, 1.807) is 0 Å². The van der Waals surface area contributed by atoms with Gasteiger partial charge in [0.2, 0.25) is 11.8 Å². The molecule has 0 aromatic carbocycles. The standard InChI is InChI=1S/C20H20Cl2F3N3O2.Co/c1-18(2,3)9-7-29-16(26-9)14-12(21)11(20(23,24)25)13(22)15(28-14)17-27-10(8-30-17)19(4,5)6;/h7-8H,1-6H3;. The van der Waals surface area contributed by atoms with Gasteiger partial charge in [-0.2, -0.15) is 13.2 Å². The van der Waals surface area contributed by atoms with E-state index in [0.29, 0.717) is 11.4 Å². The number of halogens is 5. The molecule has 0 aliphatic carbocycles. The van der Waals surface area contributed by atoms with Crippen LogP contribution in [0.5, 0.6) is 0 Å². The molecule has 31 heavy (non-hydrogen) atoms. The molecule has 0 saturated heterocycles. The van der Waals surface area contributed by atoms with Crippen molar-refractivity contribution in [3.05, 3.63) is 39.5 Å². The Morgan fingerprint density at radius 3 is 1.32 bits per heavy atom. The summed E-state index contributed by atoms with van der Waals surface area (Å²) in [6.45, 7) is 11.3. The molecule has 3 heterocycles. The Morgan fingerprint density at radius 2 is 1.06 bits per heavy atom. The van der Waals surface area contributed by atoms with Crippen LogP contribution in [0.2, 0.25) is 10.0 Å². The average Bonchev–Trinajstić information content (AvgIpc) is 3.22. The number of oxazole rings is 2. The molecule has 0 atom stereocenters. The van der Waals surface area contributed by atoms with Gasteiger partial charge in [0.05, 0.1) is 27.0 Å². The minimum absolute atomic E-state index is 0. The summed E-state index contributed by atoms with van der Waals surface area (Å²) in [6, 6.07) is 0. The third kappa shape index (κ3) is 5.10. The van der Waals surface area contributed by atoms with Crippen molar-refractivity contribution in [2.75, 3.05) is 0 Å². The number of pyridine rings is 1. The summed E-state index contributed by atoms with van der Waals surface area (Å²) in [7, 11) is 0. The van der Waals surface area contributed by atoms with Gasteiger partial charge in [0, 0.05) is 27.6 Å². The number of alkyl halides is 3. The summed E-state index contributed by atoms with van der Waals surface area (Å²) < 4.78 is 52.2. The van der Waals surface area contributed by atoms with Crippen molar-refractivity contribution in [3.8, 4) is 23.2 Å². The maximum Gasteiger partial charge on any atom is 0.419 e. The summed E-state index contributed by atoms with van der Waals surface area (Å²) >= 11 is 12.2. The van der Waals surface area contributed by atoms with Gasteiger partial charge in [-0.3, -0.25) is 0 Å². The van der Waals surface area contributed by atoms with Crippen LogP contribution in [0.1, 0.15) is 58.5 Å². The number of hydrogen-bond acceptors (Lipinski definition) is 5. The van der Waals surface area contributed by atoms with E-state index in [9.17, 15) is 13.2 Å². The smallest absolute Gasteiger partial charge is 0.419 e. The zero-order valence-electron chi connectivity index (χ0n) is 17.5. The number of aromatic nitrogens is 3. The minimum atomic E-state index is -4.85. The van der Waals surface area contributed by atoms with Crippen molar-refractivity contribution < 1.29 is 38.8 Å². The van der Waals surface area contributed by atoms with Crippen LogP contribution in [0.25, 0.3) is 23.2 Å². The van der Waals surface area contributed by atoms with Crippen molar-refractivity contribution in [1.82, 2.24) is 15.0 Å². The largest absolute Gasteiger partial charge is 0.443 e. The third-order valence-corrected chi connectivity index (χ3v) is 5.05. The van der Waals surface area contributed by atoms with Gasteiger partial charge >= 0.3 is 6.18 Å². The molecule has 3 rings (SSSR count). The summed E-state index contributed by atoms with van der Waals surface area (Å²) in [4.78, 5) is 12.7. The minimum Gasteiger partial charge on any atom is -0.443 e. The Labute approximate surface area is 198 Å². The topological polar surface area (TPSA) is 65.0 Å². The quantitative estimate of drug-likeness (QED) is 0.354. The third-order valence-electron chi connectivity index (χ3n) is 4.31. The van der Waals surface area contributed by atoms with Crippen LogP contribution in [-0.4, -0.2) is 15.0 Å². The van der Waals surface area contributed by atoms with Gasteiger partial charge in [0.15, 0.2) is 0 Å². The Balaban J connectivity index is 0.00000341. The first-order valence-corrected chi connectivity index (χ1v) is 9.75. The molecule has 0 spiro atoms. The molecule has 11 heteroatoms. The molecule has 0 bridgehead atoms. The van der Waals surface area contributed by atoms with Crippen LogP contribution in [-0.2, 0) is 33.8 Å². The fourth-order valence-corrected chi connectivity index (χ4v) is 3.23. The second-order valence-corrected chi connectivity index (χ2v) is 9.64. The zero-order chi connectivity index (χ0) is 22.6. The SMILES string of the molecule is CC(C)(C)c1coc(-c2nc(-c3nc(C(C)(C)C)co3)c(Cl)c(C(F)(F)F)c2Cl)n1.[Co]. The summed E-state index contributed by atoms with van der Waals surface area (Å²) in [5.74, 6) is -0.313. The van der Waals surface area contributed by atoms with Crippen LogP contribution in [0, 0.1) is 0 Å². The van der Waals surface area contributed by atoms with Gasteiger partial charge in [-0.15, -0.1) is 0 Å². The molecule has 5 nitrogen and oxygen atoms in total. The molecule has 0 aliphatic heterocycles. The molecule has 0 fully saturated rings. The van der Waals surface area contributed by atoms with Gasteiger partial charge in [0.25, 0.3) is 0 Å². The van der Waals surface area contributed by atoms with Gasteiger partial charge in [-0.1, -0.05) is 64.7 Å². The summed E-state index contributed by atoms with van der Waals surface area (Å²) in [5, 5.41) is -1.41. The second-order valence-electron chi connectivity index (χ2n) is 8.89. The first kappa shape index (κ1) is 25.7. The fraction of sp³-hybridized carbons (Fsp3) is 0.450. The zero-order valence-corrected chi connectivity index (χ0v) is 20.1. The van der Waals surface area contributed by atoms with E-state index in [4.69, 9.17) is 32.0 Å². The normalized spacial score (nSPS) is 12.7. The fourth-order valence-electron chi connectivity index (χ4n) is 2.53. The number of hydrogen-bond donors (Lipinski definition) is 0. The van der Waals surface area contributed by atoms with Gasteiger partial charge in [-0.25, -0.2) is 15.0 Å². The van der Waals surface area contributed by atoms with Gasteiger partial charge in [0.1, 0.15) is 23.9 Å². The number of rotatable bonds is 2. The van der Waals surface area contributed by atoms with Crippen molar-refractivity contribution in [2.45, 2.75) is 58.5 Å². The van der Waals surface area contributed by atoms with E-state index in [2.05, 4.69) is 15.0 Å². The Bertz CT molecular complexity index is 1020. The molecular formula is C20H20Cl2CoF3N3O2. The van der Waals surface area contributed by atoms with E-state index in [1.807, 2.05) is 41.5 Å². The molecule has 171 valence electrons. The molecular weight excluding hydrogens is 501 g/mol. The Morgan fingerprint density at radius 1 is 0.710 bits per heavy atom. The van der Waals surface area contributed by atoms with Gasteiger partial charge in [-0.05, 0) is 0 Å². The first-order valence-electron chi connectivity index (χ1n) is 8.99. The Hall–Kier alpha value is -1.55. The van der Waals surface area contributed by atoms with E-state index >= 15 is 0 Å². The maximum absolute atomic E-state index is 13.8. The van der Waals surface area contributed by atoms with E-state index in [1.165, 1.54) is 12.5 Å². The molecule has 0 amide bonds. The molecule has 1 radical (unpaired) electrons. The monoisotopic (exact) mass is 520 g/mol. The van der Waals surface area contributed by atoms with Crippen LogP contribution in [0.3, 0.4) is 0 Å². The average molecular weight is 521 g/mol. The van der Waals surface area contributed by atoms with Crippen LogP contribution in [0.15, 0.2) is 21.4 Å². The summed E-state index contributed by atoms with van der Waals surface area (Å²) in [5.41, 5.74) is -1.56. The van der Waals surface area contributed by atoms with Crippen molar-refractivity contribution >= 4 is 23.2 Å². The molecule has 0 aliphatic rings. The second kappa shape index (κ2) is 8.42. The van der Waals surface area contributed by atoms with Crippen molar-refractivity contribution in [3.63, 3.8) is 0 Å². The predicted octanol–water partition coefficient (Wildman–Crippen LogP) is 7.31. The van der Waals surface area contributed by atoms with Crippen LogP contribution < -0.4 is 0 Å². The first-order chi connectivity index (χ1) is 13.6. The van der Waals surface area contributed by atoms with Crippen LogP contribution in [0.4, 0.5) is 13.2 Å². The van der Waals surface area contributed by atoms with Crippen molar-refractivity contribution in [1.29, 1.82) is 0 Å². The molecule has 0 N–H and O–H groups in total. The summed E-state index contributed by atoms with van der Waals surface area (Å²) in [6.07, 6.45) is -2.13. The predicted molar refractivity (Wildman–Crippen MR) is 108 cm³/mol. The van der Waals surface area contributed by atoms with E-state index in [0.717, 1.165) is 0 Å².